The summed E-state index contributed by atoms with van der Waals surface area (Å²) in [6, 6.07) is 14.5. The fourth-order valence-electron chi connectivity index (χ4n) is 3.03. The van der Waals surface area contributed by atoms with E-state index in [9.17, 15) is 9.90 Å². The molecule has 2 atom stereocenters. The Bertz CT molecular complexity index is 990. The van der Waals surface area contributed by atoms with Gasteiger partial charge in [0.05, 0.1) is 6.61 Å². The highest BCUT2D eigenvalue weighted by Gasteiger charge is 2.30. The molecular weight excluding hydrogens is 452 g/mol. The summed E-state index contributed by atoms with van der Waals surface area (Å²) in [5.41, 5.74) is 1.41. The predicted molar refractivity (Wildman–Crippen MR) is 138 cm³/mol. The lowest BCUT2D eigenvalue weighted by Gasteiger charge is -2.30. The van der Waals surface area contributed by atoms with E-state index in [1.165, 1.54) is 0 Å². The van der Waals surface area contributed by atoms with E-state index in [1.807, 2.05) is 81.5 Å². The van der Waals surface area contributed by atoms with Gasteiger partial charge in [-0.1, -0.05) is 55.1 Å². The molecule has 0 heterocycles. The van der Waals surface area contributed by atoms with Crippen molar-refractivity contribution < 1.29 is 24.1 Å². The molecule has 0 bridgehead atoms. The summed E-state index contributed by atoms with van der Waals surface area (Å²) < 4.78 is 16.9. The van der Waals surface area contributed by atoms with Crippen molar-refractivity contribution in [2.24, 2.45) is 5.92 Å². The first-order chi connectivity index (χ1) is 16.1. The lowest BCUT2D eigenvalue weighted by Crippen LogP contribution is -2.35. The quantitative estimate of drug-likeness (QED) is 0.159. The second-order valence-electron chi connectivity index (χ2n) is 8.42. The van der Waals surface area contributed by atoms with E-state index in [-0.39, 0.29) is 11.7 Å². The Morgan fingerprint density at radius 3 is 2.09 bits per heavy atom. The van der Waals surface area contributed by atoms with Gasteiger partial charge in [0, 0.05) is 17.4 Å². The van der Waals surface area contributed by atoms with Crippen molar-refractivity contribution in [3.05, 3.63) is 84.0 Å². The molecule has 2 aromatic rings. The van der Waals surface area contributed by atoms with E-state index in [4.69, 9.17) is 25.8 Å². The van der Waals surface area contributed by atoms with Crippen LogP contribution in [0.4, 0.5) is 0 Å². The van der Waals surface area contributed by atoms with Crippen molar-refractivity contribution in [3.8, 4) is 11.5 Å². The summed E-state index contributed by atoms with van der Waals surface area (Å²) >= 11 is 5.63. The van der Waals surface area contributed by atoms with Gasteiger partial charge in [-0.2, -0.15) is 0 Å². The minimum Gasteiger partial charge on any atom is -0.508 e. The number of halogens is 1. The molecule has 0 aromatic heterocycles. The van der Waals surface area contributed by atoms with Crippen LogP contribution >= 0.6 is 11.6 Å². The lowest BCUT2D eigenvalue weighted by atomic mass is 9.88. The molecule has 182 valence electrons. The number of esters is 1. The highest BCUT2D eigenvalue weighted by Crippen LogP contribution is 2.28. The highest BCUT2D eigenvalue weighted by molar-refractivity contribution is 6.17. The van der Waals surface area contributed by atoms with Crippen LogP contribution < -0.4 is 4.74 Å². The number of carbonyl (C=O) groups is 1. The van der Waals surface area contributed by atoms with Gasteiger partial charge in [-0.15, -0.1) is 11.6 Å². The fourth-order valence-corrected chi connectivity index (χ4v) is 3.12. The Morgan fingerprint density at radius 1 is 1.06 bits per heavy atom. The van der Waals surface area contributed by atoms with Gasteiger partial charge in [-0.05, 0) is 63.1 Å². The Hall–Kier alpha value is -3.02. The van der Waals surface area contributed by atoms with Crippen LogP contribution in [0.25, 0.3) is 12.2 Å². The zero-order chi connectivity index (χ0) is 25.1. The zero-order valence-corrected chi connectivity index (χ0v) is 20.9. The third kappa shape index (κ3) is 9.08. The molecule has 0 aliphatic heterocycles. The van der Waals surface area contributed by atoms with Crippen molar-refractivity contribution >= 4 is 29.7 Å². The molecule has 0 saturated heterocycles. The minimum absolute atomic E-state index is 0.205. The molecule has 1 N–H and O–H groups in total. The van der Waals surface area contributed by atoms with Crippen molar-refractivity contribution in [2.45, 2.75) is 39.6 Å². The van der Waals surface area contributed by atoms with Crippen molar-refractivity contribution in [2.75, 3.05) is 12.5 Å². The van der Waals surface area contributed by atoms with Crippen LogP contribution in [0.5, 0.6) is 11.5 Å². The van der Waals surface area contributed by atoms with Gasteiger partial charge in [0.25, 0.3) is 0 Å². The second-order valence-corrected chi connectivity index (χ2v) is 8.80. The summed E-state index contributed by atoms with van der Waals surface area (Å²) in [5, 5.41) is 9.51. The number of ether oxygens (including phenoxy) is 3. The number of rotatable bonds is 12. The Morgan fingerprint density at radius 2 is 1.59 bits per heavy atom. The Balaban J connectivity index is 2.20. The fraction of sp³-hybridized carbons (Fsp3) is 0.321. The molecular formula is C28H33ClO5. The lowest BCUT2D eigenvalue weighted by molar-refractivity contribution is -0.153. The number of carbonyl (C=O) groups excluding carboxylic acids is 1. The van der Waals surface area contributed by atoms with Gasteiger partial charge in [0.1, 0.15) is 17.1 Å². The van der Waals surface area contributed by atoms with E-state index in [2.05, 4.69) is 6.58 Å². The van der Waals surface area contributed by atoms with E-state index in [0.717, 1.165) is 11.1 Å². The van der Waals surface area contributed by atoms with Crippen LogP contribution in [-0.2, 0) is 14.3 Å². The van der Waals surface area contributed by atoms with Gasteiger partial charge in [-0.3, -0.25) is 0 Å². The summed E-state index contributed by atoms with van der Waals surface area (Å²) in [6.45, 7) is 11.3. The van der Waals surface area contributed by atoms with Gasteiger partial charge < -0.3 is 19.3 Å². The first kappa shape index (κ1) is 27.2. The molecule has 2 unspecified atom stereocenters. The molecule has 6 heteroatoms. The average Bonchev–Trinajstić information content (AvgIpc) is 2.79. The van der Waals surface area contributed by atoms with Crippen LogP contribution in [0, 0.1) is 5.92 Å². The van der Waals surface area contributed by atoms with Crippen molar-refractivity contribution in [1.82, 2.24) is 0 Å². The SMILES string of the molecule is C=C(C)C(=O)OC(C)(C)C(C=Cc1ccc(O)cc1)C=Cc1ccc(OC(C)OCCCl)cc1. The van der Waals surface area contributed by atoms with E-state index in [0.29, 0.717) is 23.8 Å². The third-order valence-electron chi connectivity index (χ3n) is 5.00. The number of hydrogen-bond acceptors (Lipinski definition) is 5. The van der Waals surface area contributed by atoms with E-state index >= 15 is 0 Å². The molecule has 2 aromatic carbocycles. The first-order valence-corrected chi connectivity index (χ1v) is 11.6. The standard InChI is InChI=1S/C28H33ClO5/c1-20(2)27(31)34-28(4,5)24(12-6-22-8-14-25(30)15-9-22)13-7-23-10-16-26(17-11-23)33-21(3)32-19-18-29/h6-17,21,24,30H,1,18-19H2,2-5H3. The van der Waals surface area contributed by atoms with Crippen LogP contribution in [-0.4, -0.2) is 35.5 Å². The maximum absolute atomic E-state index is 12.2. The van der Waals surface area contributed by atoms with Crippen LogP contribution in [0.15, 0.2) is 72.8 Å². The maximum Gasteiger partial charge on any atom is 0.333 e. The maximum atomic E-state index is 12.2. The summed E-state index contributed by atoms with van der Waals surface area (Å²) in [4.78, 5) is 12.2. The molecule has 0 amide bonds. The monoisotopic (exact) mass is 484 g/mol. The number of hydrogen-bond donors (Lipinski definition) is 1. The van der Waals surface area contributed by atoms with Gasteiger partial charge in [0.15, 0.2) is 6.29 Å². The third-order valence-corrected chi connectivity index (χ3v) is 5.16. The minimum atomic E-state index is -0.821. The molecule has 0 spiro atoms. The predicted octanol–water partition coefficient (Wildman–Crippen LogP) is 6.61. The number of alkyl halides is 1. The average molecular weight is 485 g/mol. The van der Waals surface area contributed by atoms with Crippen molar-refractivity contribution in [1.29, 1.82) is 0 Å². The Kier molecular flexibility index (Phi) is 10.4. The molecule has 2 rings (SSSR count). The topological polar surface area (TPSA) is 65.0 Å². The molecule has 0 radical (unpaired) electrons. The zero-order valence-electron chi connectivity index (χ0n) is 20.2. The molecule has 0 aliphatic carbocycles. The smallest absolute Gasteiger partial charge is 0.333 e. The van der Waals surface area contributed by atoms with Gasteiger partial charge in [-0.25, -0.2) is 4.79 Å². The summed E-state index contributed by atoms with van der Waals surface area (Å²) in [5.74, 6) is 0.645. The van der Waals surface area contributed by atoms with E-state index in [1.54, 1.807) is 19.1 Å². The van der Waals surface area contributed by atoms with Crippen molar-refractivity contribution in [3.63, 3.8) is 0 Å². The van der Waals surface area contributed by atoms with Gasteiger partial charge >= 0.3 is 5.97 Å². The number of benzene rings is 2. The largest absolute Gasteiger partial charge is 0.508 e. The molecule has 0 saturated carbocycles. The Labute approximate surface area is 207 Å². The second kappa shape index (κ2) is 13.0. The number of phenols is 1. The molecule has 34 heavy (non-hydrogen) atoms. The first-order valence-electron chi connectivity index (χ1n) is 11.1. The summed E-state index contributed by atoms with van der Waals surface area (Å²) in [6.07, 6.45) is 7.48. The van der Waals surface area contributed by atoms with Crippen LogP contribution in [0.3, 0.4) is 0 Å². The van der Waals surface area contributed by atoms with Crippen LogP contribution in [0.2, 0.25) is 0 Å². The molecule has 5 nitrogen and oxygen atoms in total. The molecule has 0 aliphatic rings. The molecule has 0 fully saturated rings. The highest BCUT2D eigenvalue weighted by atomic mass is 35.5. The van der Waals surface area contributed by atoms with E-state index < -0.39 is 17.9 Å². The number of aromatic hydroxyl groups is 1. The summed E-state index contributed by atoms with van der Waals surface area (Å²) in [7, 11) is 0. The van der Waals surface area contributed by atoms with Gasteiger partial charge in [0.2, 0.25) is 0 Å². The normalized spacial score (nSPS) is 13.7. The number of phenolic OH excluding ortho intramolecular Hbond substituents is 1. The van der Waals surface area contributed by atoms with Crippen LogP contribution in [0.1, 0.15) is 38.8 Å².